The van der Waals surface area contributed by atoms with Crippen LogP contribution >= 0.6 is 11.8 Å². The van der Waals surface area contributed by atoms with E-state index in [4.69, 9.17) is 0 Å². The second-order valence-electron chi connectivity index (χ2n) is 4.08. The van der Waals surface area contributed by atoms with Gasteiger partial charge >= 0.3 is 0 Å². The van der Waals surface area contributed by atoms with Crippen molar-refractivity contribution in [3.63, 3.8) is 0 Å². The van der Waals surface area contributed by atoms with Crippen LogP contribution in [-0.2, 0) is 0 Å². The van der Waals surface area contributed by atoms with Gasteiger partial charge in [-0.05, 0) is 29.4 Å². The summed E-state index contributed by atoms with van der Waals surface area (Å²) in [7, 11) is 1.78. The second kappa shape index (κ2) is 6.34. The third kappa shape index (κ3) is 3.32. The first-order chi connectivity index (χ1) is 9.24. The van der Waals surface area contributed by atoms with Crippen LogP contribution < -0.4 is 10.6 Å². The zero-order valence-electron chi connectivity index (χ0n) is 11.0. The van der Waals surface area contributed by atoms with Gasteiger partial charge in [0.1, 0.15) is 0 Å². The summed E-state index contributed by atoms with van der Waals surface area (Å²) in [6, 6.07) is 4.01. The minimum absolute atomic E-state index is 0.811. The van der Waals surface area contributed by atoms with Crippen LogP contribution in [-0.4, -0.2) is 18.2 Å². The SMILES string of the molecule is C=C/C1=C(\C=N/C)C/C=c2/cccn/c2=C/C(=C)S1. The minimum atomic E-state index is 0.811. The molecule has 2 nitrogen and oxygen atoms in total. The van der Waals surface area contributed by atoms with E-state index in [1.54, 1.807) is 25.0 Å². The number of allylic oxidation sites excluding steroid dienone is 3. The molecule has 0 saturated carbocycles. The molecular weight excluding hydrogens is 252 g/mol. The van der Waals surface area contributed by atoms with Crippen molar-refractivity contribution in [1.82, 2.24) is 4.98 Å². The van der Waals surface area contributed by atoms with Crippen LogP contribution in [0.2, 0.25) is 0 Å². The molecule has 0 saturated heterocycles. The third-order valence-corrected chi connectivity index (χ3v) is 3.77. The lowest BCUT2D eigenvalue weighted by Gasteiger charge is -2.05. The summed E-state index contributed by atoms with van der Waals surface area (Å²) in [6.45, 7) is 7.95. The molecule has 3 heteroatoms. The molecule has 1 aromatic heterocycles. The molecule has 0 radical (unpaired) electrons. The summed E-state index contributed by atoms with van der Waals surface area (Å²) in [5, 5.41) is 2.08. The minimum Gasteiger partial charge on any atom is -0.296 e. The fourth-order valence-electron chi connectivity index (χ4n) is 1.88. The molecule has 0 unspecified atom stereocenters. The van der Waals surface area contributed by atoms with Crippen molar-refractivity contribution in [2.45, 2.75) is 6.42 Å². The highest BCUT2D eigenvalue weighted by Gasteiger charge is 2.05. The number of pyridine rings is 1. The molecule has 1 aliphatic heterocycles. The number of fused-ring (bicyclic) bond motifs is 1. The molecule has 0 atom stereocenters. The number of aliphatic imine (C=N–C) groups is 1. The molecule has 96 valence electrons. The van der Waals surface area contributed by atoms with E-state index in [2.05, 4.69) is 35.3 Å². The Morgan fingerprint density at radius 1 is 1.47 bits per heavy atom. The van der Waals surface area contributed by atoms with Crippen LogP contribution in [0.3, 0.4) is 0 Å². The highest BCUT2D eigenvalue weighted by molar-refractivity contribution is 8.07. The molecule has 0 aliphatic carbocycles. The lowest BCUT2D eigenvalue weighted by atomic mass is 10.1. The Hall–Kier alpha value is -1.87. The van der Waals surface area contributed by atoms with E-state index in [1.165, 1.54) is 0 Å². The molecule has 0 N–H and O–H groups in total. The number of nitrogens with zero attached hydrogens (tertiary/aromatic N) is 2. The van der Waals surface area contributed by atoms with Gasteiger partial charge in [-0.3, -0.25) is 9.98 Å². The van der Waals surface area contributed by atoms with Crippen molar-refractivity contribution in [3.05, 3.63) is 63.5 Å². The third-order valence-electron chi connectivity index (χ3n) is 2.74. The molecule has 0 bridgehead atoms. The van der Waals surface area contributed by atoms with Crippen molar-refractivity contribution in [2.75, 3.05) is 7.05 Å². The Labute approximate surface area is 117 Å². The molecule has 0 spiro atoms. The number of aromatic nitrogens is 1. The molecule has 0 aromatic carbocycles. The Kier molecular flexibility index (Phi) is 4.53. The highest BCUT2D eigenvalue weighted by atomic mass is 32.2. The summed E-state index contributed by atoms with van der Waals surface area (Å²) in [4.78, 5) is 10.6. The standard InChI is InChI=1S/C16H16N2S/c1-4-16-14(11-17-3)8-7-13-6-5-9-18-15(13)10-12(2)19-16/h4-7,9-11H,1-2,8H2,3H3/b13-7-,15-10+,16-14+,17-11-. The maximum absolute atomic E-state index is 4.40. The van der Waals surface area contributed by atoms with E-state index in [0.29, 0.717) is 0 Å². The van der Waals surface area contributed by atoms with E-state index in [1.807, 2.05) is 24.4 Å². The zero-order chi connectivity index (χ0) is 13.7. The van der Waals surface area contributed by atoms with Crippen LogP contribution in [0.4, 0.5) is 0 Å². The number of rotatable bonds is 2. The molecule has 2 rings (SSSR count). The molecule has 1 aromatic rings. The second-order valence-corrected chi connectivity index (χ2v) is 5.25. The van der Waals surface area contributed by atoms with Gasteiger partial charge in [0.05, 0.1) is 5.35 Å². The predicted octanol–water partition coefficient (Wildman–Crippen LogP) is 2.43. The van der Waals surface area contributed by atoms with E-state index in [-0.39, 0.29) is 0 Å². The van der Waals surface area contributed by atoms with Gasteiger partial charge in [0, 0.05) is 29.3 Å². The summed E-state index contributed by atoms with van der Waals surface area (Å²) < 4.78 is 0. The summed E-state index contributed by atoms with van der Waals surface area (Å²) >= 11 is 1.61. The topological polar surface area (TPSA) is 25.2 Å². The van der Waals surface area contributed by atoms with Crippen LogP contribution in [0.5, 0.6) is 0 Å². The predicted molar refractivity (Wildman–Crippen MR) is 85.4 cm³/mol. The van der Waals surface area contributed by atoms with Gasteiger partial charge in [-0.1, -0.05) is 43.1 Å². The maximum Gasteiger partial charge on any atom is 0.0709 e. The van der Waals surface area contributed by atoms with Crippen molar-refractivity contribution in [1.29, 1.82) is 0 Å². The summed E-state index contributed by atoms with van der Waals surface area (Å²) in [5.41, 5.74) is 1.15. The van der Waals surface area contributed by atoms with Gasteiger partial charge in [-0.25, -0.2) is 0 Å². The molecule has 19 heavy (non-hydrogen) atoms. The smallest absolute Gasteiger partial charge is 0.0709 e. The first kappa shape index (κ1) is 13.6. The van der Waals surface area contributed by atoms with Crippen LogP contribution in [0, 0.1) is 0 Å². The molecular formula is C16H16N2S. The Balaban J connectivity index is 2.62. The van der Waals surface area contributed by atoms with Gasteiger partial charge in [0.15, 0.2) is 0 Å². The number of hydrogen-bond donors (Lipinski definition) is 0. The van der Waals surface area contributed by atoms with Crippen LogP contribution in [0.1, 0.15) is 6.42 Å². The lowest BCUT2D eigenvalue weighted by molar-refractivity contribution is 1.21. The van der Waals surface area contributed by atoms with Crippen molar-refractivity contribution in [2.24, 2.45) is 4.99 Å². The average Bonchev–Trinajstić information content (AvgIpc) is 2.48. The number of thioether (sulfide) groups is 1. The Bertz CT molecular complexity index is 681. The average molecular weight is 268 g/mol. The van der Waals surface area contributed by atoms with Crippen molar-refractivity contribution in [3.8, 4) is 0 Å². The van der Waals surface area contributed by atoms with Gasteiger partial charge in [0.25, 0.3) is 0 Å². The van der Waals surface area contributed by atoms with Crippen LogP contribution in [0.15, 0.2) is 57.9 Å². The first-order valence-corrected chi connectivity index (χ1v) is 6.83. The summed E-state index contributed by atoms with van der Waals surface area (Å²) in [6.07, 6.45) is 10.5. The number of hydrogen-bond acceptors (Lipinski definition) is 3. The van der Waals surface area contributed by atoms with E-state index in [9.17, 15) is 0 Å². The van der Waals surface area contributed by atoms with E-state index < -0.39 is 0 Å². The first-order valence-electron chi connectivity index (χ1n) is 6.02. The monoisotopic (exact) mass is 268 g/mol. The molecule has 2 heterocycles. The fraction of sp³-hybridized carbons (Fsp3) is 0.125. The van der Waals surface area contributed by atoms with E-state index in [0.717, 1.165) is 32.4 Å². The Morgan fingerprint density at radius 3 is 3.05 bits per heavy atom. The lowest BCUT2D eigenvalue weighted by Crippen LogP contribution is -2.27. The van der Waals surface area contributed by atoms with Gasteiger partial charge in [-0.2, -0.15) is 0 Å². The normalized spacial score (nSPS) is 23.3. The fourth-order valence-corrected chi connectivity index (χ4v) is 2.68. The van der Waals surface area contributed by atoms with Crippen molar-refractivity contribution >= 4 is 30.1 Å². The van der Waals surface area contributed by atoms with Gasteiger partial charge < -0.3 is 0 Å². The molecule has 0 amide bonds. The quantitative estimate of drug-likeness (QED) is 0.770. The summed E-state index contributed by atoms with van der Waals surface area (Å²) in [5.74, 6) is 0. The zero-order valence-corrected chi connectivity index (χ0v) is 11.8. The van der Waals surface area contributed by atoms with Crippen LogP contribution in [0.25, 0.3) is 12.2 Å². The Morgan fingerprint density at radius 2 is 2.32 bits per heavy atom. The molecule has 0 fully saturated rings. The van der Waals surface area contributed by atoms with E-state index >= 15 is 0 Å². The molecule has 1 aliphatic rings. The highest BCUT2D eigenvalue weighted by Crippen LogP contribution is 2.29. The maximum atomic E-state index is 4.40. The van der Waals surface area contributed by atoms with Crippen molar-refractivity contribution < 1.29 is 0 Å². The van der Waals surface area contributed by atoms with Gasteiger partial charge in [-0.15, -0.1) is 0 Å². The largest absolute Gasteiger partial charge is 0.296 e. The van der Waals surface area contributed by atoms with Gasteiger partial charge in [0.2, 0.25) is 0 Å².